The Hall–Kier alpha value is -2.18. The van der Waals surface area contributed by atoms with Crippen LogP contribution in [0.4, 0.5) is 0 Å². The Morgan fingerprint density at radius 1 is 1.10 bits per heavy atom. The molecule has 3 heterocycles. The molecule has 2 aromatic heterocycles. The number of hydrogen-bond donors (Lipinski definition) is 1. The average molecular weight is 437 g/mol. The van der Waals surface area contributed by atoms with E-state index in [9.17, 15) is 4.79 Å². The Morgan fingerprint density at radius 2 is 1.84 bits per heavy atom. The molecule has 5 nitrogen and oxygen atoms in total. The van der Waals surface area contributed by atoms with Crippen LogP contribution in [0.3, 0.4) is 0 Å². The third-order valence-electron chi connectivity index (χ3n) is 6.88. The van der Waals surface area contributed by atoms with Crippen molar-refractivity contribution in [3.63, 3.8) is 0 Å². The third-order valence-corrected chi connectivity index (χ3v) is 8.01. The van der Waals surface area contributed by atoms with Crippen LogP contribution in [0, 0.1) is 6.92 Å². The van der Waals surface area contributed by atoms with E-state index in [1.165, 1.54) is 42.5 Å². The second-order valence-corrected chi connectivity index (χ2v) is 10.2. The minimum absolute atomic E-state index is 0.0808. The number of fused-ring (bicyclic) bond motifs is 1. The van der Waals surface area contributed by atoms with Gasteiger partial charge in [0, 0.05) is 31.1 Å². The predicted molar refractivity (Wildman–Crippen MR) is 127 cm³/mol. The number of carbonyl (C=O) groups excluding carboxylic acids is 1. The van der Waals surface area contributed by atoms with Gasteiger partial charge in [-0.05, 0) is 44.2 Å². The van der Waals surface area contributed by atoms with Gasteiger partial charge < -0.3 is 5.32 Å². The molecule has 31 heavy (non-hydrogen) atoms. The van der Waals surface area contributed by atoms with E-state index in [1.807, 2.05) is 0 Å². The van der Waals surface area contributed by atoms with E-state index >= 15 is 0 Å². The molecule has 164 valence electrons. The molecule has 0 radical (unpaired) electrons. The summed E-state index contributed by atoms with van der Waals surface area (Å²) in [4.78, 5) is 17.5. The van der Waals surface area contributed by atoms with Crippen molar-refractivity contribution >= 4 is 27.5 Å². The van der Waals surface area contributed by atoms with Crippen molar-refractivity contribution in [1.82, 2.24) is 20.0 Å². The molecule has 1 aliphatic heterocycles. The van der Waals surface area contributed by atoms with E-state index < -0.39 is 0 Å². The Balaban J connectivity index is 1.21. The Kier molecular flexibility index (Phi) is 6.10. The van der Waals surface area contributed by atoms with Crippen molar-refractivity contribution in [2.75, 3.05) is 13.1 Å². The first kappa shape index (κ1) is 20.7. The van der Waals surface area contributed by atoms with Crippen LogP contribution in [0.15, 0.2) is 36.4 Å². The quantitative estimate of drug-likeness (QED) is 0.590. The summed E-state index contributed by atoms with van der Waals surface area (Å²) < 4.78 is 2.22. The van der Waals surface area contributed by atoms with Gasteiger partial charge in [-0.2, -0.15) is 5.10 Å². The molecule has 2 fully saturated rings. The van der Waals surface area contributed by atoms with Crippen LogP contribution in [-0.4, -0.2) is 39.7 Å². The number of aromatic nitrogens is 2. The maximum Gasteiger partial charge on any atom is 0.261 e. The van der Waals surface area contributed by atoms with Crippen LogP contribution in [0.1, 0.15) is 71.9 Å². The van der Waals surface area contributed by atoms with Crippen molar-refractivity contribution in [2.45, 2.75) is 70.5 Å². The van der Waals surface area contributed by atoms with Gasteiger partial charge >= 0.3 is 0 Å². The van der Waals surface area contributed by atoms with Gasteiger partial charge in [-0.1, -0.05) is 49.6 Å². The second-order valence-electron chi connectivity index (χ2n) is 9.16. The maximum atomic E-state index is 13.0. The number of rotatable bonds is 5. The molecule has 1 N–H and O–H groups in total. The number of hydrogen-bond acceptors (Lipinski definition) is 4. The van der Waals surface area contributed by atoms with Gasteiger partial charge in [0.05, 0.1) is 16.6 Å². The van der Waals surface area contributed by atoms with E-state index in [4.69, 9.17) is 5.10 Å². The van der Waals surface area contributed by atoms with Crippen LogP contribution in [0.2, 0.25) is 0 Å². The highest BCUT2D eigenvalue weighted by atomic mass is 32.1. The summed E-state index contributed by atoms with van der Waals surface area (Å²) >= 11 is 1.62. The van der Waals surface area contributed by atoms with E-state index in [2.05, 4.69) is 58.2 Å². The van der Waals surface area contributed by atoms with Gasteiger partial charge in [0.2, 0.25) is 0 Å². The molecule has 1 saturated heterocycles. The van der Waals surface area contributed by atoms with Crippen LogP contribution >= 0.6 is 11.3 Å². The lowest BCUT2D eigenvalue weighted by Crippen LogP contribution is -2.44. The lowest BCUT2D eigenvalue weighted by molar-refractivity contribution is 0.0913. The Labute approximate surface area is 188 Å². The minimum Gasteiger partial charge on any atom is -0.349 e. The number of carbonyl (C=O) groups is 1. The Morgan fingerprint density at radius 3 is 2.58 bits per heavy atom. The van der Waals surface area contributed by atoms with Gasteiger partial charge in [-0.15, -0.1) is 11.3 Å². The summed E-state index contributed by atoms with van der Waals surface area (Å²) in [5, 5.41) is 9.28. The van der Waals surface area contributed by atoms with Crippen molar-refractivity contribution in [1.29, 1.82) is 0 Å². The molecule has 0 atom stereocenters. The monoisotopic (exact) mass is 436 g/mol. The highest BCUT2D eigenvalue weighted by Crippen LogP contribution is 2.35. The average Bonchev–Trinajstić information content (AvgIpc) is 3.37. The summed E-state index contributed by atoms with van der Waals surface area (Å²) in [6.45, 7) is 5.12. The van der Waals surface area contributed by atoms with Crippen LogP contribution < -0.4 is 5.32 Å². The molecular weight excluding hydrogens is 404 g/mol. The van der Waals surface area contributed by atoms with Crippen LogP contribution in [-0.2, 0) is 6.54 Å². The number of thiophene rings is 1. The number of amides is 1. The fourth-order valence-electron chi connectivity index (χ4n) is 5.09. The molecule has 1 aliphatic carbocycles. The number of benzene rings is 1. The first-order valence-corrected chi connectivity index (χ1v) is 12.5. The van der Waals surface area contributed by atoms with Crippen molar-refractivity contribution in [3.8, 4) is 0 Å². The third kappa shape index (κ3) is 4.55. The highest BCUT2D eigenvalue weighted by Gasteiger charge is 2.25. The molecule has 0 unspecified atom stereocenters. The summed E-state index contributed by atoms with van der Waals surface area (Å²) in [5.41, 5.74) is 2.41. The first-order valence-electron chi connectivity index (χ1n) is 11.7. The second kappa shape index (κ2) is 9.13. The maximum absolute atomic E-state index is 13.0. The van der Waals surface area contributed by atoms with E-state index in [-0.39, 0.29) is 11.9 Å². The number of nitrogens with zero attached hydrogens (tertiary/aromatic N) is 3. The summed E-state index contributed by atoms with van der Waals surface area (Å²) in [5.74, 6) is 0.0808. The summed E-state index contributed by atoms with van der Waals surface area (Å²) in [6, 6.07) is 13.5. The zero-order valence-electron chi connectivity index (χ0n) is 18.3. The van der Waals surface area contributed by atoms with E-state index in [1.54, 1.807) is 11.3 Å². The number of nitrogens with one attached hydrogen (secondary N) is 1. The van der Waals surface area contributed by atoms with Gasteiger partial charge in [-0.25, -0.2) is 0 Å². The number of likely N-dealkylation sites (tertiary alicyclic amines) is 1. The molecule has 3 aromatic rings. The standard InChI is InChI=1S/C25H32N4OS/c1-18-22-16-23(31-25(22)29(27-18)21-10-6-3-7-11-21)24(30)26-20-12-14-28(15-13-20)17-19-8-4-2-5-9-19/h2,4-5,8-9,16,20-21H,3,6-7,10-15,17H2,1H3,(H,26,30). The van der Waals surface area contributed by atoms with Gasteiger partial charge in [0.1, 0.15) is 4.83 Å². The molecule has 1 aromatic carbocycles. The van der Waals surface area contributed by atoms with Crippen molar-refractivity contribution in [2.24, 2.45) is 0 Å². The van der Waals surface area contributed by atoms with Gasteiger partial charge in [0.25, 0.3) is 5.91 Å². The fourth-order valence-corrected chi connectivity index (χ4v) is 6.23. The molecule has 0 spiro atoms. The molecule has 0 bridgehead atoms. The van der Waals surface area contributed by atoms with Crippen molar-refractivity contribution < 1.29 is 4.79 Å². The van der Waals surface area contributed by atoms with Gasteiger partial charge in [0.15, 0.2) is 0 Å². The lowest BCUT2D eigenvalue weighted by atomic mass is 9.96. The molecular formula is C25H32N4OS. The number of piperidine rings is 1. The Bertz CT molecular complexity index is 1030. The SMILES string of the molecule is Cc1nn(C2CCCCC2)c2sc(C(=O)NC3CCN(Cc4ccccc4)CC3)cc12. The summed E-state index contributed by atoms with van der Waals surface area (Å²) in [6.07, 6.45) is 8.34. The highest BCUT2D eigenvalue weighted by molar-refractivity contribution is 7.20. The van der Waals surface area contributed by atoms with E-state index in [0.717, 1.165) is 48.4 Å². The normalized spacial score (nSPS) is 19.1. The molecule has 6 heteroatoms. The largest absolute Gasteiger partial charge is 0.349 e. The fraction of sp³-hybridized carbons (Fsp3) is 0.520. The zero-order valence-corrected chi connectivity index (χ0v) is 19.2. The van der Waals surface area contributed by atoms with Crippen molar-refractivity contribution in [3.05, 3.63) is 52.5 Å². The van der Waals surface area contributed by atoms with Gasteiger partial charge in [-0.3, -0.25) is 14.4 Å². The zero-order chi connectivity index (χ0) is 21.2. The lowest BCUT2D eigenvalue weighted by Gasteiger charge is -2.32. The molecule has 1 saturated carbocycles. The van der Waals surface area contributed by atoms with Crippen LogP contribution in [0.25, 0.3) is 10.2 Å². The molecule has 5 rings (SSSR count). The van der Waals surface area contributed by atoms with Crippen LogP contribution in [0.5, 0.6) is 0 Å². The predicted octanol–water partition coefficient (Wildman–Crippen LogP) is 5.31. The summed E-state index contributed by atoms with van der Waals surface area (Å²) in [7, 11) is 0. The first-order chi connectivity index (χ1) is 15.2. The molecule has 2 aliphatic rings. The minimum atomic E-state index is 0.0808. The smallest absolute Gasteiger partial charge is 0.261 e. The number of aryl methyl sites for hydroxylation is 1. The van der Waals surface area contributed by atoms with E-state index in [0.29, 0.717) is 6.04 Å². The molecule has 1 amide bonds. The topological polar surface area (TPSA) is 50.2 Å².